The van der Waals surface area contributed by atoms with Gasteiger partial charge in [-0.25, -0.2) is 4.79 Å². The fourth-order valence-corrected chi connectivity index (χ4v) is 0.784. The molecule has 0 unspecified atom stereocenters. The van der Waals surface area contributed by atoms with Crippen molar-refractivity contribution in [3.05, 3.63) is 29.8 Å². The van der Waals surface area contributed by atoms with E-state index in [0.717, 1.165) is 5.56 Å². The van der Waals surface area contributed by atoms with Crippen LogP contribution >= 0.6 is 0 Å². The Kier molecular flexibility index (Phi) is 2.66. The van der Waals surface area contributed by atoms with Gasteiger partial charge >= 0.3 is 6.09 Å². The maximum atomic E-state index is 10.6. The van der Waals surface area contributed by atoms with Crippen LogP contribution in [0.4, 0.5) is 10.5 Å². The number of rotatable bonds is 1. The smallest absolute Gasteiger partial charge is 0.357 e. The molecule has 3 N–H and O–H groups in total. The SMILES string of the molecule is Cc1ccc(NC(=O)ON)cc1. The van der Waals surface area contributed by atoms with Gasteiger partial charge in [0.25, 0.3) is 0 Å². The van der Waals surface area contributed by atoms with E-state index in [1.165, 1.54) is 0 Å². The van der Waals surface area contributed by atoms with E-state index in [2.05, 4.69) is 16.1 Å². The zero-order valence-electron chi connectivity index (χ0n) is 6.70. The molecule has 0 aliphatic rings. The second-order valence-corrected chi connectivity index (χ2v) is 2.40. The topological polar surface area (TPSA) is 64.3 Å². The first-order valence-electron chi connectivity index (χ1n) is 3.47. The fourth-order valence-electron chi connectivity index (χ4n) is 0.784. The van der Waals surface area contributed by atoms with Gasteiger partial charge in [0.2, 0.25) is 0 Å². The van der Waals surface area contributed by atoms with Crippen molar-refractivity contribution < 1.29 is 9.63 Å². The van der Waals surface area contributed by atoms with Gasteiger partial charge in [0.1, 0.15) is 0 Å². The normalized spacial score (nSPS) is 9.17. The Hall–Kier alpha value is -1.55. The molecular formula is C8H10N2O2. The first-order valence-corrected chi connectivity index (χ1v) is 3.47. The van der Waals surface area contributed by atoms with Gasteiger partial charge in [-0.15, -0.1) is 0 Å². The molecule has 0 saturated carbocycles. The molecule has 0 fully saturated rings. The molecule has 1 aromatic carbocycles. The Bertz CT molecular complexity index is 269. The predicted molar refractivity (Wildman–Crippen MR) is 45.5 cm³/mol. The molecule has 0 atom stereocenters. The molecule has 0 radical (unpaired) electrons. The zero-order valence-corrected chi connectivity index (χ0v) is 6.70. The summed E-state index contributed by atoms with van der Waals surface area (Å²) in [5.41, 5.74) is 1.79. The summed E-state index contributed by atoms with van der Waals surface area (Å²) >= 11 is 0. The monoisotopic (exact) mass is 166 g/mol. The predicted octanol–water partition coefficient (Wildman–Crippen LogP) is 1.42. The zero-order chi connectivity index (χ0) is 8.97. The molecular weight excluding hydrogens is 156 g/mol. The summed E-state index contributed by atoms with van der Waals surface area (Å²) in [5.74, 6) is 4.64. The van der Waals surface area contributed by atoms with E-state index in [1.807, 2.05) is 19.1 Å². The van der Waals surface area contributed by atoms with Gasteiger partial charge in [-0.3, -0.25) is 5.32 Å². The molecule has 1 aromatic rings. The minimum Gasteiger partial charge on any atom is -0.357 e. The summed E-state index contributed by atoms with van der Waals surface area (Å²) in [7, 11) is 0. The van der Waals surface area contributed by atoms with Crippen LogP contribution in [0, 0.1) is 6.92 Å². The molecule has 1 amide bonds. The maximum Gasteiger partial charge on any atom is 0.430 e. The maximum absolute atomic E-state index is 10.6. The lowest BCUT2D eigenvalue weighted by Gasteiger charge is -2.01. The lowest BCUT2D eigenvalue weighted by Crippen LogP contribution is -2.17. The number of carbonyl (C=O) groups excluding carboxylic acids is 1. The third kappa shape index (κ3) is 2.25. The van der Waals surface area contributed by atoms with Gasteiger partial charge in [0, 0.05) is 5.69 Å². The van der Waals surface area contributed by atoms with Gasteiger partial charge in [-0.05, 0) is 19.1 Å². The summed E-state index contributed by atoms with van der Waals surface area (Å²) in [5, 5.41) is 2.43. The Morgan fingerprint density at radius 1 is 1.42 bits per heavy atom. The molecule has 0 aromatic heterocycles. The van der Waals surface area contributed by atoms with Crippen LogP contribution in [-0.4, -0.2) is 6.09 Å². The highest BCUT2D eigenvalue weighted by Crippen LogP contribution is 2.08. The van der Waals surface area contributed by atoms with Gasteiger partial charge in [-0.2, -0.15) is 5.90 Å². The Balaban J connectivity index is 2.64. The number of amides is 1. The summed E-state index contributed by atoms with van der Waals surface area (Å²) in [4.78, 5) is 14.5. The lowest BCUT2D eigenvalue weighted by atomic mass is 10.2. The van der Waals surface area contributed by atoms with Crippen molar-refractivity contribution in [3.8, 4) is 0 Å². The number of aryl methyl sites for hydroxylation is 1. The quantitative estimate of drug-likeness (QED) is 0.620. The van der Waals surface area contributed by atoms with Crippen LogP contribution in [0.3, 0.4) is 0 Å². The van der Waals surface area contributed by atoms with E-state index in [-0.39, 0.29) is 0 Å². The minimum atomic E-state index is -0.668. The first kappa shape index (κ1) is 8.55. The summed E-state index contributed by atoms with van der Waals surface area (Å²) in [6, 6.07) is 7.30. The number of nitrogens with two attached hydrogens (primary N) is 1. The van der Waals surface area contributed by atoms with Crippen LogP contribution in [0.1, 0.15) is 5.56 Å². The minimum absolute atomic E-state index is 0.663. The van der Waals surface area contributed by atoms with Crippen molar-refractivity contribution in [1.82, 2.24) is 0 Å². The molecule has 0 bridgehead atoms. The Morgan fingerprint density at radius 3 is 2.50 bits per heavy atom. The lowest BCUT2D eigenvalue weighted by molar-refractivity contribution is 0.163. The average Bonchev–Trinajstić information content (AvgIpc) is 2.09. The Morgan fingerprint density at radius 2 is 2.00 bits per heavy atom. The van der Waals surface area contributed by atoms with E-state index in [4.69, 9.17) is 0 Å². The number of anilines is 1. The summed E-state index contributed by atoms with van der Waals surface area (Å²) < 4.78 is 0. The van der Waals surface area contributed by atoms with E-state index in [9.17, 15) is 4.79 Å². The molecule has 1 rings (SSSR count). The molecule has 64 valence electrons. The molecule has 0 spiro atoms. The van der Waals surface area contributed by atoms with Crippen LogP contribution in [0.15, 0.2) is 24.3 Å². The van der Waals surface area contributed by atoms with Crippen molar-refractivity contribution >= 4 is 11.8 Å². The van der Waals surface area contributed by atoms with Gasteiger partial charge in [-0.1, -0.05) is 17.7 Å². The van der Waals surface area contributed by atoms with Crippen LogP contribution < -0.4 is 11.2 Å². The van der Waals surface area contributed by atoms with Crippen LogP contribution in [-0.2, 0) is 4.84 Å². The van der Waals surface area contributed by atoms with Crippen molar-refractivity contribution in [3.63, 3.8) is 0 Å². The highest BCUT2D eigenvalue weighted by atomic mass is 16.7. The molecule has 0 aliphatic carbocycles. The highest BCUT2D eigenvalue weighted by molar-refractivity contribution is 5.84. The number of hydrogen-bond acceptors (Lipinski definition) is 3. The molecule has 0 saturated heterocycles. The van der Waals surface area contributed by atoms with Crippen LogP contribution in [0.25, 0.3) is 0 Å². The van der Waals surface area contributed by atoms with Crippen molar-refractivity contribution in [2.45, 2.75) is 6.92 Å². The van der Waals surface area contributed by atoms with Crippen LogP contribution in [0.2, 0.25) is 0 Å². The fraction of sp³-hybridized carbons (Fsp3) is 0.125. The third-order valence-electron chi connectivity index (χ3n) is 1.41. The number of benzene rings is 1. The van der Waals surface area contributed by atoms with Crippen molar-refractivity contribution in [2.75, 3.05) is 5.32 Å². The molecule has 4 heteroatoms. The summed E-state index contributed by atoms with van der Waals surface area (Å²) in [6.45, 7) is 1.96. The number of carbonyl (C=O) groups is 1. The van der Waals surface area contributed by atoms with Gasteiger partial charge in [0.05, 0.1) is 0 Å². The van der Waals surface area contributed by atoms with Gasteiger partial charge in [0.15, 0.2) is 0 Å². The number of nitrogens with one attached hydrogen (secondary N) is 1. The molecule has 0 heterocycles. The van der Waals surface area contributed by atoms with E-state index < -0.39 is 6.09 Å². The average molecular weight is 166 g/mol. The molecule has 12 heavy (non-hydrogen) atoms. The van der Waals surface area contributed by atoms with Gasteiger partial charge < -0.3 is 4.84 Å². The van der Waals surface area contributed by atoms with E-state index in [1.54, 1.807) is 12.1 Å². The van der Waals surface area contributed by atoms with Crippen molar-refractivity contribution in [1.29, 1.82) is 0 Å². The second-order valence-electron chi connectivity index (χ2n) is 2.40. The standard InChI is InChI=1S/C8H10N2O2/c1-6-2-4-7(5-3-6)10-8(11)12-9/h2-5H,9H2,1H3,(H,10,11). The summed E-state index contributed by atoms with van der Waals surface area (Å²) in [6.07, 6.45) is -0.668. The first-order chi connectivity index (χ1) is 5.72. The van der Waals surface area contributed by atoms with Crippen LogP contribution in [0.5, 0.6) is 0 Å². The molecule has 4 nitrogen and oxygen atoms in total. The van der Waals surface area contributed by atoms with E-state index in [0.29, 0.717) is 5.69 Å². The number of hydrogen-bond donors (Lipinski definition) is 2. The van der Waals surface area contributed by atoms with E-state index >= 15 is 0 Å². The molecule has 0 aliphatic heterocycles. The second kappa shape index (κ2) is 3.73. The Labute approximate surface area is 70.3 Å². The third-order valence-corrected chi connectivity index (χ3v) is 1.41. The van der Waals surface area contributed by atoms with Crippen molar-refractivity contribution in [2.24, 2.45) is 5.90 Å². The highest BCUT2D eigenvalue weighted by Gasteiger charge is 1.98. The largest absolute Gasteiger partial charge is 0.430 e.